The largest absolute Gasteiger partial charge is 0.481 e. The van der Waals surface area contributed by atoms with E-state index in [1.54, 1.807) is 0 Å². The molecule has 1 aliphatic heterocycles. The standard InChI is InChI=1S/C11H21NO6S2/c1-19(15,16)7-8-20(17,18)12-6-2-3-10(9-12)4-5-11(13)14/h10H,2-9H2,1H3,(H,13,14). The molecule has 1 aliphatic rings. The fourth-order valence-electron chi connectivity index (χ4n) is 2.23. The molecule has 1 unspecified atom stereocenters. The summed E-state index contributed by atoms with van der Waals surface area (Å²) >= 11 is 0. The number of carbonyl (C=O) groups is 1. The van der Waals surface area contributed by atoms with E-state index in [-0.39, 0.29) is 18.1 Å². The van der Waals surface area contributed by atoms with Gasteiger partial charge in [-0.1, -0.05) is 0 Å². The van der Waals surface area contributed by atoms with Gasteiger partial charge in [-0.05, 0) is 25.2 Å². The molecule has 0 spiro atoms. The van der Waals surface area contributed by atoms with Crippen LogP contribution in [0.3, 0.4) is 0 Å². The highest BCUT2D eigenvalue weighted by atomic mass is 32.2. The van der Waals surface area contributed by atoms with E-state index >= 15 is 0 Å². The van der Waals surface area contributed by atoms with E-state index in [1.807, 2.05) is 0 Å². The first-order valence-corrected chi connectivity index (χ1v) is 10.1. The van der Waals surface area contributed by atoms with Crippen LogP contribution in [0.15, 0.2) is 0 Å². The van der Waals surface area contributed by atoms with Gasteiger partial charge < -0.3 is 5.11 Å². The van der Waals surface area contributed by atoms with Crippen LogP contribution in [-0.4, -0.2) is 63.1 Å². The molecule has 0 saturated carbocycles. The van der Waals surface area contributed by atoms with Crippen LogP contribution >= 0.6 is 0 Å². The molecule has 20 heavy (non-hydrogen) atoms. The molecule has 0 aromatic carbocycles. The van der Waals surface area contributed by atoms with Gasteiger partial charge in [0, 0.05) is 25.8 Å². The summed E-state index contributed by atoms with van der Waals surface area (Å²) in [6.07, 6.45) is 2.98. The lowest BCUT2D eigenvalue weighted by Gasteiger charge is -2.31. The number of rotatable bonds is 7. The predicted octanol–water partition coefficient (Wildman–Crippen LogP) is -0.0624. The van der Waals surface area contributed by atoms with Gasteiger partial charge in [0.25, 0.3) is 0 Å². The van der Waals surface area contributed by atoms with Gasteiger partial charge in [0.1, 0.15) is 9.84 Å². The number of piperidine rings is 1. The van der Waals surface area contributed by atoms with Crippen molar-refractivity contribution in [2.24, 2.45) is 5.92 Å². The first-order valence-electron chi connectivity index (χ1n) is 6.47. The van der Waals surface area contributed by atoms with Gasteiger partial charge in [-0.25, -0.2) is 21.1 Å². The van der Waals surface area contributed by atoms with E-state index in [0.29, 0.717) is 25.9 Å². The van der Waals surface area contributed by atoms with Crippen LogP contribution in [0.4, 0.5) is 0 Å². The van der Waals surface area contributed by atoms with Crippen LogP contribution in [0.2, 0.25) is 0 Å². The number of nitrogens with zero attached hydrogens (tertiary/aromatic N) is 1. The topological polar surface area (TPSA) is 109 Å². The molecule has 0 aliphatic carbocycles. The summed E-state index contributed by atoms with van der Waals surface area (Å²) in [4.78, 5) is 10.5. The number of carboxylic acids is 1. The summed E-state index contributed by atoms with van der Waals surface area (Å²) in [5.74, 6) is -1.64. The second-order valence-electron chi connectivity index (χ2n) is 5.24. The minimum atomic E-state index is -3.58. The molecule has 0 bridgehead atoms. The minimum Gasteiger partial charge on any atom is -0.481 e. The summed E-state index contributed by atoms with van der Waals surface area (Å²) in [5.41, 5.74) is 0. The van der Waals surface area contributed by atoms with Crippen LogP contribution in [0.25, 0.3) is 0 Å². The Bertz CT molecular complexity index is 539. The SMILES string of the molecule is CS(=O)(=O)CCS(=O)(=O)N1CCCC(CCC(=O)O)C1. The summed E-state index contributed by atoms with van der Waals surface area (Å²) in [6.45, 7) is 0.676. The number of hydrogen-bond donors (Lipinski definition) is 1. The summed E-state index contributed by atoms with van der Waals surface area (Å²) in [6, 6.07) is 0. The summed E-state index contributed by atoms with van der Waals surface area (Å²) < 4.78 is 47.5. The average molecular weight is 327 g/mol. The molecule has 1 atom stereocenters. The molecule has 0 radical (unpaired) electrons. The molecule has 0 amide bonds. The highest BCUT2D eigenvalue weighted by Gasteiger charge is 2.29. The van der Waals surface area contributed by atoms with Gasteiger partial charge in [-0.15, -0.1) is 0 Å². The first kappa shape index (κ1) is 17.4. The third-order valence-corrected chi connectivity index (χ3v) is 6.40. The number of aliphatic carboxylic acids is 1. The van der Waals surface area contributed by atoms with Crippen molar-refractivity contribution in [3.05, 3.63) is 0 Å². The van der Waals surface area contributed by atoms with Crippen LogP contribution < -0.4 is 0 Å². The van der Waals surface area contributed by atoms with Crippen LogP contribution in [0.1, 0.15) is 25.7 Å². The molecular formula is C11H21NO6S2. The van der Waals surface area contributed by atoms with E-state index in [9.17, 15) is 21.6 Å². The molecule has 1 rings (SSSR count). The second-order valence-corrected chi connectivity index (χ2v) is 9.59. The Morgan fingerprint density at radius 1 is 1.25 bits per heavy atom. The van der Waals surface area contributed by atoms with E-state index in [2.05, 4.69) is 0 Å². The Morgan fingerprint density at radius 2 is 1.90 bits per heavy atom. The molecule has 118 valence electrons. The maximum Gasteiger partial charge on any atom is 0.303 e. The Morgan fingerprint density at radius 3 is 2.45 bits per heavy atom. The third kappa shape index (κ3) is 6.19. The molecule has 0 aromatic heterocycles. The number of hydrogen-bond acceptors (Lipinski definition) is 5. The molecule has 1 N–H and O–H groups in total. The molecule has 9 heteroatoms. The van der Waals surface area contributed by atoms with Gasteiger partial charge >= 0.3 is 5.97 Å². The molecule has 1 saturated heterocycles. The third-order valence-electron chi connectivity index (χ3n) is 3.35. The van der Waals surface area contributed by atoms with E-state index < -0.39 is 31.6 Å². The van der Waals surface area contributed by atoms with Crippen molar-refractivity contribution >= 4 is 25.8 Å². The van der Waals surface area contributed by atoms with Gasteiger partial charge in [-0.3, -0.25) is 4.79 Å². The molecule has 1 heterocycles. The van der Waals surface area contributed by atoms with E-state index in [4.69, 9.17) is 5.11 Å². The first-order chi connectivity index (χ1) is 9.10. The fourth-order valence-corrected chi connectivity index (χ4v) is 5.39. The normalized spacial score (nSPS) is 21.8. The van der Waals surface area contributed by atoms with Gasteiger partial charge in [-0.2, -0.15) is 0 Å². The molecule has 0 aromatic rings. The highest BCUT2D eigenvalue weighted by Crippen LogP contribution is 2.23. The maximum atomic E-state index is 12.1. The van der Waals surface area contributed by atoms with E-state index in [0.717, 1.165) is 12.7 Å². The average Bonchev–Trinajstić information content (AvgIpc) is 2.34. The quantitative estimate of drug-likeness (QED) is 0.701. The molecular weight excluding hydrogens is 306 g/mol. The van der Waals surface area contributed by atoms with Crippen LogP contribution in [0.5, 0.6) is 0 Å². The van der Waals surface area contributed by atoms with Gasteiger partial charge in [0.15, 0.2) is 0 Å². The lowest BCUT2D eigenvalue weighted by atomic mass is 9.95. The smallest absolute Gasteiger partial charge is 0.303 e. The predicted molar refractivity (Wildman–Crippen MR) is 74.7 cm³/mol. The number of sulfone groups is 1. The zero-order chi connectivity index (χ0) is 15.4. The van der Waals surface area contributed by atoms with Crippen molar-refractivity contribution in [1.82, 2.24) is 4.31 Å². The summed E-state index contributed by atoms with van der Waals surface area (Å²) in [5, 5.41) is 8.65. The van der Waals surface area contributed by atoms with Gasteiger partial charge in [0.2, 0.25) is 10.0 Å². The Balaban J connectivity index is 2.59. The van der Waals surface area contributed by atoms with Crippen molar-refractivity contribution < 1.29 is 26.7 Å². The fraction of sp³-hybridized carbons (Fsp3) is 0.909. The molecule has 1 fully saturated rings. The van der Waals surface area contributed by atoms with E-state index in [1.165, 1.54) is 4.31 Å². The maximum absolute atomic E-state index is 12.1. The van der Waals surface area contributed by atoms with Crippen molar-refractivity contribution in [1.29, 1.82) is 0 Å². The van der Waals surface area contributed by atoms with Crippen molar-refractivity contribution in [3.63, 3.8) is 0 Å². The number of carboxylic acid groups (broad SMARTS) is 1. The Labute approximate surface area is 119 Å². The summed E-state index contributed by atoms with van der Waals surface area (Å²) in [7, 11) is -6.90. The highest BCUT2D eigenvalue weighted by molar-refractivity contribution is 7.93. The van der Waals surface area contributed by atoms with Crippen LogP contribution in [-0.2, 0) is 24.7 Å². The van der Waals surface area contributed by atoms with Crippen molar-refractivity contribution in [2.75, 3.05) is 30.9 Å². The number of sulfonamides is 1. The minimum absolute atomic E-state index is 0.0297. The Hall–Kier alpha value is -0.670. The zero-order valence-electron chi connectivity index (χ0n) is 11.5. The van der Waals surface area contributed by atoms with Crippen molar-refractivity contribution in [2.45, 2.75) is 25.7 Å². The Kier molecular flexibility index (Phi) is 5.96. The van der Waals surface area contributed by atoms with Crippen LogP contribution in [0, 0.1) is 5.92 Å². The monoisotopic (exact) mass is 327 g/mol. The molecule has 7 nitrogen and oxygen atoms in total. The lowest BCUT2D eigenvalue weighted by molar-refractivity contribution is -0.137. The zero-order valence-corrected chi connectivity index (χ0v) is 13.1. The second kappa shape index (κ2) is 6.86. The lowest BCUT2D eigenvalue weighted by Crippen LogP contribution is -2.42. The van der Waals surface area contributed by atoms with Crippen molar-refractivity contribution in [3.8, 4) is 0 Å². The van der Waals surface area contributed by atoms with Gasteiger partial charge in [0.05, 0.1) is 11.5 Å².